The maximum atomic E-state index is 12.6. The standard InChI is InChI=1S/C18H19ClN6O2.ClH/c1-25-10-12(6-22-25)14-7-20-8-15(14)18(26)21-9-16-23-17(24-27-16)11-2-4-13(19)5-3-11;/h2-6,10,14-15,20H,7-9H2,1H3,(H,21,26);1H/t14-,15+;/m1./s1. The highest BCUT2D eigenvalue weighted by Crippen LogP contribution is 2.28. The van der Waals surface area contributed by atoms with Crippen LogP contribution in [0.1, 0.15) is 17.4 Å². The summed E-state index contributed by atoms with van der Waals surface area (Å²) in [6.45, 7) is 1.58. The van der Waals surface area contributed by atoms with Gasteiger partial charge >= 0.3 is 0 Å². The Balaban J connectivity index is 0.00000225. The van der Waals surface area contributed by atoms with Crippen LogP contribution >= 0.6 is 24.0 Å². The number of amides is 1. The van der Waals surface area contributed by atoms with E-state index in [1.165, 1.54) is 0 Å². The van der Waals surface area contributed by atoms with Gasteiger partial charge in [-0.15, -0.1) is 12.4 Å². The van der Waals surface area contributed by atoms with Crippen LogP contribution in [0.2, 0.25) is 5.02 Å². The second-order valence-corrected chi connectivity index (χ2v) is 6.99. The van der Waals surface area contributed by atoms with Crippen molar-refractivity contribution in [2.24, 2.45) is 13.0 Å². The number of nitrogens with one attached hydrogen (secondary N) is 2. The van der Waals surface area contributed by atoms with Gasteiger partial charge in [-0.1, -0.05) is 16.8 Å². The summed E-state index contributed by atoms with van der Waals surface area (Å²) in [7, 11) is 1.87. The maximum absolute atomic E-state index is 12.6. The van der Waals surface area contributed by atoms with Crippen LogP contribution in [0, 0.1) is 5.92 Å². The molecule has 3 heterocycles. The van der Waals surface area contributed by atoms with Crippen molar-refractivity contribution in [1.82, 2.24) is 30.6 Å². The molecule has 2 atom stereocenters. The van der Waals surface area contributed by atoms with Gasteiger partial charge in [0, 0.05) is 42.8 Å². The Morgan fingerprint density at radius 3 is 2.86 bits per heavy atom. The van der Waals surface area contributed by atoms with Crippen LogP contribution in [-0.2, 0) is 18.4 Å². The normalized spacial score (nSPS) is 18.6. The van der Waals surface area contributed by atoms with Crippen molar-refractivity contribution in [2.45, 2.75) is 12.5 Å². The first kappa shape index (κ1) is 20.3. The van der Waals surface area contributed by atoms with Gasteiger partial charge in [0.15, 0.2) is 0 Å². The minimum atomic E-state index is -0.159. The number of rotatable bonds is 5. The summed E-state index contributed by atoms with van der Waals surface area (Å²) in [5.41, 5.74) is 1.86. The monoisotopic (exact) mass is 422 g/mol. The third-order valence-corrected chi connectivity index (χ3v) is 4.94. The predicted octanol–water partition coefficient (Wildman–Crippen LogP) is 2.16. The SMILES string of the molecule is Cl.Cn1cc([C@H]2CNC[C@@H]2C(=O)NCc2nc(-c3ccc(Cl)cc3)no2)cn1. The average molecular weight is 423 g/mol. The lowest BCUT2D eigenvalue weighted by molar-refractivity contribution is -0.125. The van der Waals surface area contributed by atoms with Gasteiger partial charge in [-0.3, -0.25) is 9.48 Å². The molecule has 0 aliphatic carbocycles. The number of hydrogen-bond donors (Lipinski definition) is 2. The molecule has 0 unspecified atom stereocenters. The summed E-state index contributed by atoms with van der Waals surface area (Å²) < 4.78 is 6.99. The Morgan fingerprint density at radius 2 is 2.14 bits per heavy atom. The number of carbonyl (C=O) groups excluding carboxylic acids is 1. The van der Waals surface area contributed by atoms with E-state index in [9.17, 15) is 4.79 Å². The van der Waals surface area contributed by atoms with Crippen molar-refractivity contribution in [3.63, 3.8) is 0 Å². The molecule has 3 aromatic rings. The summed E-state index contributed by atoms with van der Waals surface area (Å²) in [6.07, 6.45) is 3.77. The van der Waals surface area contributed by atoms with Gasteiger partial charge in [0.05, 0.1) is 18.7 Å². The molecule has 1 fully saturated rings. The summed E-state index contributed by atoms with van der Waals surface area (Å²) in [5.74, 6) is 0.725. The molecule has 28 heavy (non-hydrogen) atoms. The van der Waals surface area contributed by atoms with Gasteiger partial charge in [0.25, 0.3) is 0 Å². The molecular weight excluding hydrogens is 403 g/mol. The first-order valence-electron chi connectivity index (χ1n) is 8.65. The molecule has 1 aromatic carbocycles. The number of halogens is 2. The zero-order chi connectivity index (χ0) is 18.8. The highest BCUT2D eigenvalue weighted by molar-refractivity contribution is 6.30. The molecule has 10 heteroatoms. The minimum Gasteiger partial charge on any atom is -0.347 e. The van der Waals surface area contributed by atoms with Crippen molar-refractivity contribution < 1.29 is 9.32 Å². The second-order valence-electron chi connectivity index (χ2n) is 6.55. The quantitative estimate of drug-likeness (QED) is 0.653. The molecule has 0 bridgehead atoms. The molecule has 1 aliphatic heterocycles. The van der Waals surface area contributed by atoms with E-state index >= 15 is 0 Å². The summed E-state index contributed by atoms with van der Waals surface area (Å²) >= 11 is 5.89. The van der Waals surface area contributed by atoms with E-state index in [1.54, 1.807) is 16.8 Å². The van der Waals surface area contributed by atoms with Gasteiger partial charge in [-0.25, -0.2) is 0 Å². The average Bonchev–Trinajstić information content (AvgIpc) is 3.40. The van der Waals surface area contributed by atoms with Crippen molar-refractivity contribution in [3.8, 4) is 11.4 Å². The second kappa shape index (κ2) is 8.72. The van der Waals surface area contributed by atoms with Gasteiger partial charge in [-0.2, -0.15) is 10.1 Å². The Bertz CT molecular complexity index is 940. The first-order valence-corrected chi connectivity index (χ1v) is 9.03. The summed E-state index contributed by atoms with van der Waals surface area (Å²) in [5, 5.41) is 15.0. The molecule has 0 spiro atoms. The van der Waals surface area contributed by atoms with Gasteiger partial charge < -0.3 is 15.2 Å². The van der Waals surface area contributed by atoms with E-state index < -0.39 is 0 Å². The zero-order valence-electron chi connectivity index (χ0n) is 15.1. The fraction of sp³-hybridized carbons (Fsp3) is 0.333. The van der Waals surface area contributed by atoms with Gasteiger partial charge in [0.2, 0.25) is 17.6 Å². The lowest BCUT2D eigenvalue weighted by Gasteiger charge is -2.16. The fourth-order valence-electron chi connectivity index (χ4n) is 3.27. The molecule has 0 radical (unpaired) electrons. The molecule has 2 N–H and O–H groups in total. The van der Waals surface area contributed by atoms with Crippen molar-refractivity contribution in [1.29, 1.82) is 0 Å². The number of aryl methyl sites for hydroxylation is 1. The molecule has 4 rings (SSSR count). The molecule has 2 aromatic heterocycles. The van der Waals surface area contributed by atoms with E-state index in [4.69, 9.17) is 16.1 Å². The van der Waals surface area contributed by atoms with Crippen LogP contribution < -0.4 is 10.6 Å². The first-order chi connectivity index (χ1) is 13.1. The molecule has 148 valence electrons. The van der Waals surface area contributed by atoms with Crippen LogP contribution in [-0.4, -0.2) is 38.9 Å². The number of benzene rings is 1. The molecule has 1 saturated heterocycles. The van der Waals surface area contributed by atoms with Crippen LogP contribution in [0.4, 0.5) is 0 Å². The van der Waals surface area contributed by atoms with E-state index in [2.05, 4.69) is 25.9 Å². The third-order valence-electron chi connectivity index (χ3n) is 4.69. The maximum Gasteiger partial charge on any atom is 0.246 e. The zero-order valence-corrected chi connectivity index (χ0v) is 16.7. The van der Waals surface area contributed by atoms with Crippen LogP contribution in [0.25, 0.3) is 11.4 Å². The van der Waals surface area contributed by atoms with Crippen LogP contribution in [0.15, 0.2) is 41.2 Å². The van der Waals surface area contributed by atoms with E-state index in [-0.39, 0.29) is 36.7 Å². The number of hydrogen-bond acceptors (Lipinski definition) is 6. The molecule has 1 amide bonds. The smallest absolute Gasteiger partial charge is 0.246 e. The Hall–Kier alpha value is -2.42. The number of carbonyl (C=O) groups is 1. The van der Waals surface area contributed by atoms with Gasteiger partial charge in [-0.05, 0) is 29.8 Å². The molecule has 8 nitrogen and oxygen atoms in total. The lowest BCUT2D eigenvalue weighted by atomic mass is 9.90. The van der Waals surface area contributed by atoms with Crippen molar-refractivity contribution in [3.05, 3.63) is 53.1 Å². The highest BCUT2D eigenvalue weighted by Gasteiger charge is 2.34. The molecule has 1 aliphatic rings. The Labute approximate surface area is 173 Å². The minimum absolute atomic E-state index is 0. The Morgan fingerprint density at radius 1 is 1.36 bits per heavy atom. The van der Waals surface area contributed by atoms with Crippen LogP contribution in [0.5, 0.6) is 0 Å². The molecule has 0 saturated carbocycles. The highest BCUT2D eigenvalue weighted by atomic mass is 35.5. The van der Waals surface area contributed by atoms with Crippen LogP contribution in [0.3, 0.4) is 0 Å². The van der Waals surface area contributed by atoms with Crippen molar-refractivity contribution in [2.75, 3.05) is 13.1 Å². The Kier molecular flexibility index (Phi) is 6.33. The van der Waals surface area contributed by atoms with E-state index in [0.29, 0.717) is 23.3 Å². The fourth-order valence-corrected chi connectivity index (χ4v) is 3.40. The van der Waals surface area contributed by atoms with Crippen molar-refractivity contribution >= 4 is 29.9 Å². The summed E-state index contributed by atoms with van der Waals surface area (Å²) in [4.78, 5) is 17.0. The molecular formula is C18H20Cl2N6O2. The van der Waals surface area contributed by atoms with Gasteiger partial charge in [0.1, 0.15) is 0 Å². The topological polar surface area (TPSA) is 97.9 Å². The predicted molar refractivity (Wildman–Crippen MR) is 106 cm³/mol. The number of aromatic nitrogens is 4. The summed E-state index contributed by atoms with van der Waals surface area (Å²) in [6, 6.07) is 7.16. The lowest BCUT2D eigenvalue weighted by Crippen LogP contribution is -2.34. The number of nitrogens with zero attached hydrogens (tertiary/aromatic N) is 4. The largest absolute Gasteiger partial charge is 0.347 e. The van der Waals surface area contributed by atoms with E-state index in [0.717, 1.165) is 17.7 Å². The van der Waals surface area contributed by atoms with E-state index in [1.807, 2.05) is 31.6 Å². The third kappa shape index (κ3) is 4.35.